The van der Waals surface area contributed by atoms with Crippen LogP contribution >= 0.6 is 0 Å². The summed E-state index contributed by atoms with van der Waals surface area (Å²) in [5, 5.41) is 8.92. The Labute approximate surface area is 86.1 Å². The maximum absolute atomic E-state index is 10.8. The molecule has 0 aromatic rings. The van der Waals surface area contributed by atoms with Gasteiger partial charge in [-0.15, -0.1) is 0 Å². The predicted molar refractivity (Wildman–Crippen MR) is 56.3 cm³/mol. The van der Waals surface area contributed by atoms with Gasteiger partial charge in [0.1, 0.15) is 0 Å². The number of hydrogen-bond donors (Lipinski definition) is 1. The van der Waals surface area contributed by atoms with Gasteiger partial charge in [0.2, 0.25) is 0 Å². The van der Waals surface area contributed by atoms with Crippen molar-refractivity contribution in [3.63, 3.8) is 0 Å². The lowest BCUT2D eigenvalue weighted by Crippen LogP contribution is -2.29. The molecule has 1 heterocycles. The van der Waals surface area contributed by atoms with Crippen molar-refractivity contribution in [2.45, 2.75) is 33.1 Å². The zero-order chi connectivity index (χ0) is 10.8. The SMILES string of the molecule is CC(C)CC1(CC(=O)O)CCN(C)C1. The van der Waals surface area contributed by atoms with Crippen LogP contribution in [0, 0.1) is 11.3 Å². The van der Waals surface area contributed by atoms with E-state index in [1.165, 1.54) is 0 Å². The molecule has 3 heteroatoms. The number of likely N-dealkylation sites (tertiary alicyclic amines) is 1. The maximum atomic E-state index is 10.8. The van der Waals surface area contributed by atoms with Crippen molar-refractivity contribution in [3.05, 3.63) is 0 Å². The molecule has 14 heavy (non-hydrogen) atoms. The fourth-order valence-corrected chi connectivity index (χ4v) is 2.73. The van der Waals surface area contributed by atoms with Gasteiger partial charge in [0, 0.05) is 6.54 Å². The van der Waals surface area contributed by atoms with E-state index in [1.807, 2.05) is 0 Å². The first kappa shape index (κ1) is 11.5. The van der Waals surface area contributed by atoms with Gasteiger partial charge in [0.05, 0.1) is 6.42 Å². The highest BCUT2D eigenvalue weighted by Crippen LogP contribution is 2.39. The third kappa shape index (κ3) is 2.98. The van der Waals surface area contributed by atoms with Crippen molar-refractivity contribution < 1.29 is 9.90 Å². The zero-order valence-electron chi connectivity index (χ0n) is 9.42. The van der Waals surface area contributed by atoms with Gasteiger partial charge in [-0.05, 0) is 37.8 Å². The summed E-state index contributed by atoms with van der Waals surface area (Å²) in [5.41, 5.74) is 0.0365. The molecular weight excluding hydrogens is 178 g/mol. The molecule has 1 N–H and O–H groups in total. The molecule has 1 rings (SSSR count). The van der Waals surface area contributed by atoms with Crippen molar-refractivity contribution >= 4 is 5.97 Å². The third-order valence-electron chi connectivity index (χ3n) is 3.00. The minimum absolute atomic E-state index is 0.0365. The van der Waals surface area contributed by atoms with Crippen molar-refractivity contribution in [1.29, 1.82) is 0 Å². The molecule has 1 aliphatic rings. The van der Waals surface area contributed by atoms with Crippen LogP contribution in [0.15, 0.2) is 0 Å². The number of aliphatic carboxylic acids is 1. The molecule has 0 spiro atoms. The summed E-state index contributed by atoms with van der Waals surface area (Å²) in [7, 11) is 2.07. The lowest BCUT2D eigenvalue weighted by molar-refractivity contribution is -0.139. The Bertz CT molecular complexity index is 215. The van der Waals surface area contributed by atoms with Gasteiger partial charge in [0.25, 0.3) is 0 Å². The van der Waals surface area contributed by atoms with Gasteiger partial charge in [0.15, 0.2) is 0 Å². The number of hydrogen-bond acceptors (Lipinski definition) is 2. The maximum Gasteiger partial charge on any atom is 0.303 e. The smallest absolute Gasteiger partial charge is 0.303 e. The molecule has 82 valence electrons. The van der Waals surface area contributed by atoms with Crippen LogP contribution in [0.4, 0.5) is 0 Å². The first-order valence-corrected chi connectivity index (χ1v) is 5.34. The fourth-order valence-electron chi connectivity index (χ4n) is 2.73. The zero-order valence-corrected chi connectivity index (χ0v) is 9.42. The minimum Gasteiger partial charge on any atom is -0.481 e. The van der Waals surface area contributed by atoms with E-state index < -0.39 is 5.97 Å². The van der Waals surface area contributed by atoms with Crippen molar-refractivity contribution in [2.75, 3.05) is 20.1 Å². The van der Waals surface area contributed by atoms with E-state index in [9.17, 15) is 4.79 Å². The summed E-state index contributed by atoms with van der Waals surface area (Å²) >= 11 is 0. The van der Waals surface area contributed by atoms with E-state index in [0.717, 1.165) is 25.9 Å². The lowest BCUT2D eigenvalue weighted by Gasteiger charge is -2.29. The number of carboxylic acid groups (broad SMARTS) is 1. The number of rotatable bonds is 4. The standard InChI is InChI=1S/C11H21NO2/c1-9(2)6-11(7-10(13)14)4-5-12(3)8-11/h9H,4-8H2,1-3H3,(H,13,14). The van der Waals surface area contributed by atoms with E-state index in [2.05, 4.69) is 25.8 Å². The summed E-state index contributed by atoms with van der Waals surface area (Å²) in [6.07, 6.45) is 2.40. The van der Waals surface area contributed by atoms with E-state index >= 15 is 0 Å². The van der Waals surface area contributed by atoms with Gasteiger partial charge < -0.3 is 10.0 Å². The van der Waals surface area contributed by atoms with E-state index in [0.29, 0.717) is 12.3 Å². The lowest BCUT2D eigenvalue weighted by atomic mass is 9.77. The van der Waals surface area contributed by atoms with Crippen LogP contribution in [-0.2, 0) is 4.79 Å². The monoisotopic (exact) mass is 199 g/mol. The van der Waals surface area contributed by atoms with Gasteiger partial charge in [-0.3, -0.25) is 4.79 Å². The van der Waals surface area contributed by atoms with E-state index in [4.69, 9.17) is 5.11 Å². The van der Waals surface area contributed by atoms with Crippen molar-refractivity contribution in [3.8, 4) is 0 Å². The second-order valence-electron chi connectivity index (χ2n) is 5.16. The average Bonchev–Trinajstić information content (AvgIpc) is 2.28. The Morgan fingerprint density at radius 1 is 1.57 bits per heavy atom. The minimum atomic E-state index is -0.652. The normalized spacial score (nSPS) is 28.6. The first-order valence-electron chi connectivity index (χ1n) is 5.34. The van der Waals surface area contributed by atoms with Crippen LogP contribution in [0.25, 0.3) is 0 Å². The number of nitrogens with zero attached hydrogens (tertiary/aromatic N) is 1. The Morgan fingerprint density at radius 3 is 2.57 bits per heavy atom. The van der Waals surface area contributed by atoms with Gasteiger partial charge >= 0.3 is 5.97 Å². The molecule has 1 atom stereocenters. The molecule has 0 amide bonds. The van der Waals surface area contributed by atoms with E-state index in [-0.39, 0.29) is 5.41 Å². The topological polar surface area (TPSA) is 40.5 Å². The molecule has 0 aromatic carbocycles. The average molecular weight is 199 g/mol. The van der Waals surface area contributed by atoms with Crippen LogP contribution in [0.2, 0.25) is 0 Å². The molecule has 0 aliphatic carbocycles. The Balaban J connectivity index is 2.64. The van der Waals surface area contributed by atoms with Crippen molar-refractivity contribution in [2.24, 2.45) is 11.3 Å². The summed E-state index contributed by atoms with van der Waals surface area (Å²) in [6.45, 7) is 6.32. The molecule has 3 nitrogen and oxygen atoms in total. The summed E-state index contributed by atoms with van der Waals surface area (Å²) in [5.74, 6) is -0.0678. The Kier molecular flexibility index (Phi) is 3.53. The molecular formula is C11H21NO2. The molecule has 1 fully saturated rings. The molecule has 0 bridgehead atoms. The summed E-state index contributed by atoms with van der Waals surface area (Å²) in [6, 6.07) is 0. The summed E-state index contributed by atoms with van der Waals surface area (Å²) in [4.78, 5) is 13.1. The molecule has 1 saturated heterocycles. The predicted octanol–water partition coefficient (Wildman–Crippen LogP) is 1.83. The van der Waals surface area contributed by atoms with Crippen LogP contribution in [0.5, 0.6) is 0 Å². The van der Waals surface area contributed by atoms with Gasteiger partial charge in [-0.25, -0.2) is 0 Å². The van der Waals surface area contributed by atoms with E-state index in [1.54, 1.807) is 0 Å². The Hall–Kier alpha value is -0.570. The molecule has 0 saturated carbocycles. The van der Waals surface area contributed by atoms with Gasteiger partial charge in [-0.2, -0.15) is 0 Å². The second kappa shape index (κ2) is 4.30. The quantitative estimate of drug-likeness (QED) is 0.751. The number of carbonyl (C=O) groups is 1. The highest BCUT2D eigenvalue weighted by Gasteiger charge is 2.38. The molecule has 0 radical (unpaired) electrons. The highest BCUT2D eigenvalue weighted by molar-refractivity contribution is 5.67. The van der Waals surface area contributed by atoms with Crippen LogP contribution in [-0.4, -0.2) is 36.1 Å². The fraction of sp³-hybridized carbons (Fsp3) is 0.909. The van der Waals surface area contributed by atoms with Crippen LogP contribution in [0.1, 0.15) is 33.1 Å². The third-order valence-corrected chi connectivity index (χ3v) is 3.00. The highest BCUT2D eigenvalue weighted by atomic mass is 16.4. The van der Waals surface area contributed by atoms with Crippen LogP contribution in [0.3, 0.4) is 0 Å². The second-order valence-corrected chi connectivity index (χ2v) is 5.16. The molecule has 0 aromatic heterocycles. The van der Waals surface area contributed by atoms with Crippen LogP contribution < -0.4 is 0 Å². The Morgan fingerprint density at radius 2 is 2.21 bits per heavy atom. The first-order chi connectivity index (χ1) is 6.43. The summed E-state index contributed by atoms with van der Waals surface area (Å²) < 4.78 is 0. The van der Waals surface area contributed by atoms with Gasteiger partial charge in [-0.1, -0.05) is 13.8 Å². The largest absolute Gasteiger partial charge is 0.481 e. The van der Waals surface area contributed by atoms with Crippen molar-refractivity contribution in [1.82, 2.24) is 4.90 Å². The molecule has 1 aliphatic heterocycles. The number of carboxylic acids is 1. The molecule has 1 unspecified atom stereocenters.